The van der Waals surface area contributed by atoms with Gasteiger partial charge in [-0.05, 0) is 12.3 Å². The summed E-state index contributed by atoms with van der Waals surface area (Å²) in [7, 11) is 0. The Morgan fingerprint density at radius 2 is 1.95 bits per heavy atom. The highest BCUT2D eigenvalue weighted by atomic mass is 35.5. The summed E-state index contributed by atoms with van der Waals surface area (Å²) < 4.78 is 0. The van der Waals surface area contributed by atoms with Gasteiger partial charge in [0.15, 0.2) is 16.7 Å². The van der Waals surface area contributed by atoms with Crippen molar-refractivity contribution < 1.29 is 4.79 Å². The van der Waals surface area contributed by atoms with Crippen LogP contribution in [0, 0.1) is 0 Å². The number of hydrogen-bond acceptors (Lipinski definition) is 5. The van der Waals surface area contributed by atoms with Crippen LogP contribution in [0.4, 0.5) is 5.82 Å². The van der Waals surface area contributed by atoms with Crippen molar-refractivity contribution in [3.63, 3.8) is 0 Å². The first-order valence-electron chi connectivity index (χ1n) is 5.20. The zero-order chi connectivity index (χ0) is 14.7. The van der Waals surface area contributed by atoms with Crippen molar-refractivity contribution in [2.45, 2.75) is 5.16 Å². The van der Waals surface area contributed by atoms with Crippen LogP contribution >= 0.6 is 46.6 Å². The van der Waals surface area contributed by atoms with Crippen LogP contribution in [0.1, 0.15) is 10.5 Å². The summed E-state index contributed by atoms with van der Waals surface area (Å²) in [5, 5.41) is 3.70. The van der Waals surface area contributed by atoms with E-state index in [-0.39, 0.29) is 21.6 Å². The van der Waals surface area contributed by atoms with E-state index in [1.165, 1.54) is 30.2 Å². The van der Waals surface area contributed by atoms with E-state index in [4.69, 9.17) is 34.8 Å². The van der Waals surface area contributed by atoms with Gasteiger partial charge < -0.3 is 5.32 Å². The maximum absolute atomic E-state index is 12.1. The molecule has 0 saturated carbocycles. The zero-order valence-corrected chi connectivity index (χ0v) is 13.1. The molecule has 0 unspecified atom stereocenters. The first-order valence-corrected chi connectivity index (χ1v) is 7.56. The number of aromatic nitrogens is 3. The van der Waals surface area contributed by atoms with E-state index in [1.54, 1.807) is 6.26 Å². The number of halogens is 3. The van der Waals surface area contributed by atoms with E-state index in [9.17, 15) is 4.79 Å². The van der Waals surface area contributed by atoms with Crippen LogP contribution in [-0.4, -0.2) is 27.1 Å². The summed E-state index contributed by atoms with van der Waals surface area (Å²) in [5.41, 5.74) is 0.0545. The molecule has 2 aromatic rings. The predicted molar refractivity (Wildman–Crippen MR) is 81.0 cm³/mol. The topological polar surface area (TPSA) is 67.8 Å². The van der Waals surface area contributed by atoms with E-state index in [1.807, 2.05) is 0 Å². The molecular weight excluding hydrogens is 343 g/mol. The molecule has 1 N–H and O–H groups in total. The molecule has 0 spiro atoms. The van der Waals surface area contributed by atoms with Crippen molar-refractivity contribution in [3.05, 3.63) is 39.2 Å². The molecule has 2 rings (SSSR count). The lowest BCUT2D eigenvalue weighted by Gasteiger charge is -2.07. The standard InChI is InChI=1S/C11H7Cl3N4OS/c1-20-11-16-4-7(14)8(17-11)10(19)18-9-6(13)2-5(12)3-15-9/h2-4H,1H3,(H,15,18,19). The summed E-state index contributed by atoms with van der Waals surface area (Å²) in [6, 6.07) is 1.47. The van der Waals surface area contributed by atoms with Gasteiger partial charge in [-0.15, -0.1) is 0 Å². The van der Waals surface area contributed by atoms with Crippen molar-refractivity contribution in [1.29, 1.82) is 0 Å². The van der Waals surface area contributed by atoms with Gasteiger partial charge in [-0.3, -0.25) is 4.79 Å². The molecule has 1 amide bonds. The van der Waals surface area contributed by atoms with Gasteiger partial charge in [0.1, 0.15) is 0 Å². The number of thioether (sulfide) groups is 1. The summed E-state index contributed by atoms with van der Waals surface area (Å²) in [6.07, 6.45) is 4.53. The number of carbonyl (C=O) groups excluding carboxylic acids is 1. The largest absolute Gasteiger partial charge is 0.304 e. The predicted octanol–water partition coefficient (Wildman–Crippen LogP) is 3.81. The fourth-order valence-electron chi connectivity index (χ4n) is 1.28. The van der Waals surface area contributed by atoms with Crippen LogP contribution in [0.2, 0.25) is 15.1 Å². The minimum Gasteiger partial charge on any atom is -0.304 e. The average Bonchev–Trinajstić information content (AvgIpc) is 2.42. The Hall–Kier alpha value is -1.08. The molecule has 9 heteroatoms. The van der Waals surface area contributed by atoms with Crippen LogP contribution < -0.4 is 5.32 Å². The smallest absolute Gasteiger partial charge is 0.277 e. The quantitative estimate of drug-likeness (QED) is 0.674. The molecule has 104 valence electrons. The average molecular weight is 350 g/mol. The third-order valence-electron chi connectivity index (χ3n) is 2.16. The van der Waals surface area contributed by atoms with Crippen LogP contribution in [0.5, 0.6) is 0 Å². The Morgan fingerprint density at radius 1 is 1.20 bits per heavy atom. The van der Waals surface area contributed by atoms with Crippen molar-refractivity contribution in [2.24, 2.45) is 0 Å². The molecule has 2 heterocycles. The van der Waals surface area contributed by atoms with E-state index < -0.39 is 5.91 Å². The van der Waals surface area contributed by atoms with Gasteiger partial charge in [-0.25, -0.2) is 15.0 Å². The lowest BCUT2D eigenvalue weighted by Crippen LogP contribution is -2.16. The normalized spacial score (nSPS) is 10.4. The number of nitrogens with zero attached hydrogens (tertiary/aromatic N) is 3. The highest BCUT2D eigenvalue weighted by Gasteiger charge is 2.16. The monoisotopic (exact) mass is 348 g/mol. The molecule has 0 bridgehead atoms. The number of carbonyl (C=O) groups is 1. The first-order chi connectivity index (χ1) is 9.51. The first kappa shape index (κ1) is 15.3. The number of rotatable bonds is 3. The summed E-state index contributed by atoms with van der Waals surface area (Å²) in [5.74, 6) is -0.342. The highest BCUT2D eigenvalue weighted by Crippen LogP contribution is 2.24. The van der Waals surface area contributed by atoms with E-state index in [0.29, 0.717) is 10.2 Å². The Labute approximate surface area is 134 Å². The van der Waals surface area contributed by atoms with Crippen LogP contribution in [0.15, 0.2) is 23.6 Å². The SMILES string of the molecule is CSc1ncc(Cl)c(C(=O)Nc2ncc(Cl)cc2Cl)n1. The van der Waals surface area contributed by atoms with Crippen LogP contribution in [0.3, 0.4) is 0 Å². The lowest BCUT2D eigenvalue weighted by atomic mass is 10.3. The fourth-order valence-corrected chi connectivity index (χ4v) is 2.23. The summed E-state index contributed by atoms with van der Waals surface area (Å²) >= 11 is 18.9. The second kappa shape index (κ2) is 6.58. The minimum atomic E-state index is -0.524. The zero-order valence-electron chi connectivity index (χ0n) is 10.0. The van der Waals surface area contributed by atoms with Crippen LogP contribution in [-0.2, 0) is 0 Å². The summed E-state index contributed by atoms with van der Waals surface area (Å²) in [4.78, 5) is 24.0. The van der Waals surface area contributed by atoms with Crippen molar-refractivity contribution in [1.82, 2.24) is 15.0 Å². The molecule has 0 aliphatic heterocycles. The Morgan fingerprint density at radius 3 is 2.60 bits per heavy atom. The number of anilines is 1. The summed E-state index contributed by atoms with van der Waals surface area (Å²) in [6.45, 7) is 0. The molecular formula is C11H7Cl3N4OS. The molecule has 0 aliphatic rings. The third kappa shape index (κ3) is 3.52. The van der Waals surface area contributed by atoms with Gasteiger partial charge in [0.25, 0.3) is 5.91 Å². The van der Waals surface area contributed by atoms with Gasteiger partial charge in [0.05, 0.1) is 21.3 Å². The number of pyridine rings is 1. The number of nitrogens with one attached hydrogen (secondary N) is 1. The number of hydrogen-bond donors (Lipinski definition) is 1. The van der Waals surface area contributed by atoms with Crippen molar-refractivity contribution >= 4 is 58.3 Å². The maximum atomic E-state index is 12.1. The molecule has 0 saturated heterocycles. The van der Waals surface area contributed by atoms with Crippen molar-refractivity contribution in [2.75, 3.05) is 11.6 Å². The Balaban J connectivity index is 2.28. The Bertz CT molecular complexity index is 668. The number of amides is 1. The molecule has 2 aromatic heterocycles. The fraction of sp³-hybridized carbons (Fsp3) is 0.0909. The highest BCUT2D eigenvalue weighted by molar-refractivity contribution is 7.98. The molecule has 0 aliphatic carbocycles. The molecule has 0 radical (unpaired) electrons. The van der Waals surface area contributed by atoms with E-state index in [2.05, 4.69) is 20.3 Å². The molecule has 0 atom stereocenters. The van der Waals surface area contributed by atoms with Gasteiger partial charge >= 0.3 is 0 Å². The lowest BCUT2D eigenvalue weighted by molar-refractivity contribution is 0.102. The van der Waals surface area contributed by atoms with Gasteiger partial charge in [0.2, 0.25) is 0 Å². The maximum Gasteiger partial charge on any atom is 0.277 e. The van der Waals surface area contributed by atoms with Crippen LogP contribution in [0.25, 0.3) is 0 Å². The minimum absolute atomic E-state index is 0.0545. The molecule has 0 fully saturated rings. The van der Waals surface area contributed by atoms with Crippen molar-refractivity contribution in [3.8, 4) is 0 Å². The van der Waals surface area contributed by atoms with Gasteiger partial charge in [-0.1, -0.05) is 46.6 Å². The molecule has 5 nitrogen and oxygen atoms in total. The van der Waals surface area contributed by atoms with Gasteiger partial charge in [-0.2, -0.15) is 0 Å². The molecule has 20 heavy (non-hydrogen) atoms. The Kier molecular flexibility index (Phi) is 5.04. The second-order valence-corrected chi connectivity index (χ2v) is 5.52. The van der Waals surface area contributed by atoms with Gasteiger partial charge in [0, 0.05) is 6.20 Å². The molecule has 0 aromatic carbocycles. The second-order valence-electron chi connectivity index (χ2n) is 3.49. The van der Waals surface area contributed by atoms with E-state index >= 15 is 0 Å². The van der Waals surface area contributed by atoms with E-state index in [0.717, 1.165) is 0 Å². The third-order valence-corrected chi connectivity index (χ3v) is 3.49.